The van der Waals surface area contributed by atoms with Crippen LogP contribution in [0.25, 0.3) is 0 Å². The highest BCUT2D eigenvalue weighted by Crippen LogP contribution is 2.27. The Labute approximate surface area is 168 Å². The zero-order valence-corrected chi connectivity index (χ0v) is 16.9. The molecule has 2 heterocycles. The van der Waals surface area contributed by atoms with E-state index in [9.17, 15) is 22.4 Å². The van der Waals surface area contributed by atoms with E-state index in [1.807, 2.05) is 0 Å². The van der Waals surface area contributed by atoms with E-state index in [0.717, 1.165) is 4.31 Å². The van der Waals surface area contributed by atoms with E-state index >= 15 is 0 Å². The summed E-state index contributed by atoms with van der Waals surface area (Å²) in [5.74, 6) is -1.44. The molecule has 0 unspecified atom stereocenters. The first-order valence-corrected chi connectivity index (χ1v) is 10.5. The van der Waals surface area contributed by atoms with E-state index < -0.39 is 27.9 Å². The highest BCUT2D eigenvalue weighted by Gasteiger charge is 2.40. The molecule has 0 saturated carbocycles. The van der Waals surface area contributed by atoms with Gasteiger partial charge in [0.05, 0.1) is 7.11 Å². The summed E-state index contributed by atoms with van der Waals surface area (Å²) in [4.78, 5) is 24.3. The Morgan fingerprint density at radius 1 is 1.28 bits per heavy atom. The van der Waals surface area contributed by atoms with Gasteiger partial charge in [0.25, 0.3) is 0 Å². The zero-order valence-electron chi connectivity index (χ0n) is 16.1. The standard InChI is InChI=1S/C19H22FN3O5S/c1-22-12-15(10-17(22)19(25)28-2)29(26,27)23-9-3-4-16(23)18(24)21-11-13-5-7-14(20)8-6-13/h5-8,10,12,16H,3-4,9,11H2,1-2H3,(H,21,24)/t16-/m1/s1. The number of aryl methyl sites for hydroxylation is 1. The number of methoxy groups -OCH3 is 1. The molecule has 0 aliphatic carbocycles. The van der Waals surface area contributed by atoms with Gasteiger partial charge in [-0.2, -0.15) is 4.31 Å². The second-order valence-electron chi connectivity index (χ2n) is 6.78. The van der Waals surface area contributed by atoms with Gasteiger partial charge in [0.2, 0.25) is 15.9 Å². The van der Waals surface area contributed by atoms with Crippen molar-refractivity contribution in [3.05, 3.63) is 53.6 Å². The number of esters is 1. The van der Waals surface area contributed by atoms with Crippen molar-refractivity contribution >= 4 is 21.9 Å². The molecule has 10 heteroatoms. The molecule has 29 heavy (non-hydrogen) atoms. The topological polar surface area (TPSA) is 97.7 Å². The Morgan fingerprint density at radius 3 is 2.62 bits per heavy atom. The largest absolute Gasteiger partial charge is 0.464 e. The van der Waals surface area contributed by atoms with Gasteiger partial charge in [-0.25, -0.2) is 17.6 Å². The summed E-state index contributed by atoms with van der Waals surface area (Å²) >= 11 is 0. The lowest BCUT2D eigenvalue weighted by atomic mass is 10.2. The quantitative estimate of drug-likeness (QED) is 0.709. The Hall–Kier alpha value is -2.72. The number of hydrogen-bond donors (Lipinski definition) is 1. The Bertz CT molecular complexity index is 1020. The van der Waals surface area contributed by atoms with Gasteiger partial charge in [-0.1, -0.05) is 12.1 Å². The van der Waals surface area contributed by atoms with E-state index in [4.69, 9.17) is 0 Å². The van der Waals surface area contributed by atoms with Gasteiger partial charge in [0.15, 0.2) is 0 Å². The lowest BCUT2D eigenvalue weighted by Crippen LogP contribution is -2.45. The predicted molar refractivity (Wildman–Crippen MR) is 102 cm³/mol. The number of nitrogens with one attached hydrogen (secondary N) is 1. The van der Waals surface area contributed by atoms with Crippen LogP contribution in [0.2, 0.25) is 0 Å². The lowest BCUT2D eigenvalue weighted by Gasteiger charge is -2.23. The van der Waals surface area contributed by atoms with Gasteiger partial charge >= 0.3 is 5.97 Å². The fourth-order valence-corrected chi connectivity index (χ4v) is 5.05. The number of carbonyl (C=O) groups is 2. The van der Waals surface area contributed by atoms with Crippen molar-refractivity contribution in [2.24, 2.45) is 7.05 Å². The first-order valence-electron chi connectivity index (χ1n) is 9.02. The monoisotopic (exact) mass is 423 g/mol. The molecule has 1 N–H and O–H groups in total. The molecule has 1 aromatic heterocycles. The third-order valence-electron chi connectivity index (χ3n) is 4.87. The van der Waals surface area contributed by atoms with Crippen LogP contribution in [-0.2, 0) is 33.1 Å². The Balaban J connectivity index is 1.76. The molecule has 8 nitrogen and oxygen atoms in total. The number of amides is 1. The maximum absolute atomic E-state index is 13.1. The summed E-state index contributed by atoms with van der Waals surface area (Å²) in [5, 5.41) is 2.71. The van der Waals surface area contributed by atoms with Crippen LogP contribution in [0.15, 0.2) is 41.4 Å². The van der Waals surface area contributed by atoms with Crippen LogP contribution in [-0.4, -0.2) is 48.9 Å². The minimum absolute atomic E-state index is 0.0707. The molecule has 1 aromatic carbocycles. The van der Waals surface area contributed by atoms with E-state index in [1.165, 1.54) is 36.1 Å². The number of aromatic nitrogens is 1. The van der Waals surface area contributed by atoms with Crippen LogP contribution in [0.3, 0.4) is 0 Å². The summed E-state index contributed by atoms with van der Waals surface area (Å²) in [7, 11) is -1.21. The molecule has 0 bridgehead atoms. The van der Waals surface area contributed by atoms with Gasteiger partial charge in [-0.05, 0) is 36.6 Å². The van der Waals surface area contributed by atoms with Crippen molar-refractivity contribution in [2.75, 3.05) is 13.7 Å². The van der Waals surface area contributed by atoms with Crippen LogP contribution in [0.5, 0.6) is 0 Å². The number of ether oxygens (including phenoxy) is 1. The fourth-order valence-electron chi connectivity index (χ4n) is 3.32. The molecule has 1 aliphatic heterocycles. The van der Waals surface area contributed by atoms with Gasteiger partial charge < -0.3 is 14.6 Å². The molecular weight excluding hydrogens is 401 g/mol. The highest BCUT2D eigenvalue weighted by molar-refractivity contribution is 7.89. The van der Waals surface area contributed by atoms with Crippen LogP contribution in [0, 0.1) is 5.82 Å². The summed E-state index contributed by atoms with van der Waals surface area (Å²) < 4.78 is 46.3. The lowest BCUT2D eigenvalue weighted by molar-refractivity contribution is -0.124. The van der Waals surface area contributed by atoms with E-state index in [2.05, 4.69) is 10.1 Å². The summed E-state index contributed by atoms with van der Waals surface area (Å²) in [6.07, 6.45) is 2.27. The first kappa shape index (κ1) is 21.0. The molecule has 1 saturated heterocycles. The average molecular weight is 423 g/mol. The fraction of sp³-hybridized carbons (Fsp3) is 0.368. The van der Waals surface area contributed by atoms with Crippen molar-refractivity contribution in [1.29, 1.82) is 0 Å². The summed E-state index contributed by atoms with van der Waals surface area (Å²) in [6, 6.07) is 6.09. The molecule has 1 amide bonds. The van der Waals surface area contributed by atoms with Crippen LogP contribution in [0.4, 0.5) is 4.39 Å². The van der Waals surface area contributed by atoms with E-state index in [-0.39, 0.29) is 29.5 Å². The minimum Gasteiger partial charge on any atom is -0.464 e. The van der Waals surface area contributed by atoms with Gasteiger partial charge in [-0.3, -0.25) is 4.79 Å². The zero-order chi connectivity index (χ0) is 21.2. The highest BCUT2D eigenvalue weighted by atomic mass is 32.2. The minimum atomic E-state index is -3.97. The Kier molecular flexibility index (Phi) is 6.04. The number of rotatable bonds is 6. The van der Waals surface area contributed by atoms with Gasteiger partial charge in [-0.15, -0.1) is 0 Å². The third kappa shape index (κ3) is 4.33. The van der Waals surface area contributed by atoms with Crippen molar-refractivity contribution in [3.63, 3.8) is 0 Å². The third-order valence-corrected chi connectivity index (χ3v) is 6.74. The van der Waals surface area contributed by atoms with Crippen molar-refractivity contribution in [1.82, 2.24) is 14.2 Å². The van der Waals surface area contributed by atoms with Crippen LogP contribution < -0.4 is 5.32 Å². The van der Waals surface area contributed by atoms with Gasteiger partial charge in [0.1, 0.15) is 22.4 Å². The van der Waals surface area contributed by atoms with Crippen LogP contribution in [0.1, 0.15) is 28.9 Å². The number of hydrogen-bond acceptors (Lipinski definition) is 5. The molecule has 1 atom stereocenters. The molecule has 1 fully saturated rings. The second kappa shape index (κ2) is 8.34. The molecule has 0 spiro atoms. The number of carbonyl (C=O) groups excluding carboxylic acids is 2. The Morgan fingerprint density at radius 2 is 1.97 bits per heavy atom. The van der Waals surface area contributed by atoms with Crippen molar-refractivity contribution in [3.8, 4) is 0 Å². The van der Waals surface area contributed by atoms with Crippen LogP contribution >= 0.6 is 0 Å². The number of nitrogens with zero attached hydrogens (tertiary/aromatic N) is 2. The molecule has 1 aliphatic rings. The summed E-state index contributed by atoms with van der Waals surface area (Å²) in [5.41, 5.74) is 0.806. The second-order valence-corrected chi connectivity index (χ2v) is 8.67. The average Bonchev–Trinajstić information content (AvgIpc) is 3.34. The molecule has 0 radical (unpaired) electrons. The number of sulfonamides is 1. The maximum atomic E-state index is 13.1. The van der Waals surface area contributed by atoms with Crippen molar-refractivity contribution in [2.45, 2.75) is 30.3 Å². The number of benzene rings is 1. The molecule has 2 aromatic rings. The smallest absolute Gasteiger partial charge is 0.354 e. The number of halogens is 1. The predicted octanol–water partition coefficient (Wildman–Crippen LogP) is 1.42. The van der Waals surface area contributed by atoms with E-state index in [0.29, 0.717) is 18.4 Å². The first-order chi connectivity index (χ1) is 13.7. The van der Waals surface area contributed by atoms with Gasteiger partial charge in [0, 0.05) is 26.3 Å². The van der Waals surface area contributed by atoms with Crippen molar-refractivity contribution < 1.29 is 27.1 Å². The molecule has 3 rings (SSSR count). The normalized spacial score (nSPS) is 17.3. The SMILES string of the molecule is COC(=O)c1cc(S(=O)(=O)N2CCC[C@@H]2C(=O)NCc2ccc(F)cc2)cn1C. The molecular formula is C19H22FN3O5S. The van der Waals surface area contributed by atoms with E-state index in [1.54, 1.807) is 19.2 Å². The molecule has 156 valence electrons. The summed E-state index contributed by atoms with van der Waals surface area (Å²) in [6.45, 7) is 0.376. The maximum Gasteiger partial charge on any atom is 0.354 e.